The molecule has 0 saturated heterocycles. The molecule has 1 unspecified atom stereocenters. The van der Waals surface area contributed by atoms with Crippen LogP contribution in [-0.2, 0) is 4.79 Å². The Kier molecular flexibility index (Phi) is 4.43. The van der Waals surface area contributed by atoms with Crippen molar-refractivity contribution in [3.63, 3.8) is 0 Å². The lowest BCUT2D eigenvalue weighted by molar-refractivity contribution is -0.119. The van der Waals surface area contributed by atoms with Crippen molar-refractivity contribution in [2.75, 3.05) is 11.9 Å². The van der Waals surface area contributed by atoms with Crippen molar-refractivity contribution in [3.05, 3.63) is 29.6 Å². The number of aryl methyl sites for hydroxylation is 1. The number of nitrogens with one attached hydrogen (secondary N) is 1. The molecule has 1 atom stereocenters. The number of anilines is 1. The number of amides is 1. The molecule has 0 heterocycles. The highest BCUT2D eigenvalue weighted by molar-refractivity contribution is 5.93. The Bertz CT molecular complexity index is 359. The molecule has 1 aromatic rings. The highest BCUT2D eigenvalue weighted by Crippen LogP contribution is 2.19. The van der Waals surface area contributed by atoms with E-state index in [1.54, 1.807) is 26.0 Å². The number of hydrogen-bond donors (Lipinski definition) is 2. The van der Waals surface area contributed by atoms with Crippen LogP contribution in [0, 0.1) is 18.7 Å². The van der Waals surface area contributed by atoms with Gasteiger partial charge >= 0.3 is 0 Å². The number of hydrogen-bond acceptors (Lipinski definition) is 2. The molecular weight excluding hydrogens is 207 g/mol. The smallest absolute Gasteiger partial charge is 0.227 e. The maximum Gasteiger partial charge on any atom is 0.227 e. The fraction of sp³-hybridized carbons (Fsp3) is 0.417. The van der Waals surface area contributed by atoms with Gasteiger partial charge in [-0.1, -0.05) is 19.1 Å². The lowest BCUT2D eigenvalue weighted by atomic mass is 10.1. The number of benzene rings is 1. The van der Waals surface area contributed by atoms with Gasteiger partial charge in [-0.3, -0.25) is 4.79 Å². The average molecular weight is 224 g/mol. The standard InChI is InChI=1S/C12H17FN2O/c1-8-4-3-5-10(13)11(8)15-12(16)9(2)6-7-14/h3-5,9H,6-7,14H2,1-2H3,(H,15,16). The normalized spacial score (nSPS) is 12.2. The van der Waals surface area contributed by atoms with Crippen molar-refractivity contribution in [3.8, 4) is 0 Å². The van der Waals surface area contributed by atoms with Crippen molar-refractivity contribution in [1.29, 1.82) is 0 Å². The fourth-order valence-electron chi connectivity index (χ4n) is 1.42. The van der Waals surface area contributed by atoms with Crippen molar-refractivity contribution >= 4 is 11.6 Å². The largest absolute Gasteiger partial charge is 0.330 e. The Morgan fingerprint density at radius 1 is 1.56 bits per heavy atom. The van der Waals surface area contributed by atoms with E-state index in [9.17, 15) is 9.18 Å². The third-order valence-corrected chi connectivity index (χ3v) is 2.52. The lowest BCUT2D eigenvalue weighted by Crippen LogP contribution is -2.23. The molecule has 0 aliphatic rings. The number of carbonyl (C=O) groups excluding carboxylic acids is 1. The molecule has 0 radical (unpaired) electrons. The number of para-hydroxylation sites is 1. The van der Waals surface area contributed by atoms with Gasteiger partial charge in [-0.05, 0) is 31.5 Å². The van der Waals surface area contributed by atoms with Crippen LogP contribution < -0.4 is 11.1 Å². The summed E-state index contributed by atoms with van der Waals surface area (Å²) in [7, 11) is 0. The molecule has 3 nitrogen and oxygen atoms in total. The fourth-order valence-corrected chi connectivity index (χ4v) is 1.42. The SMILES string of the molecule is Cc1cccc(F)c1NC(=O)C(C)CCN. The van der Waals surface area contributed by atoms with E-state index in [2.05, 4.69) is 5.32 Å². The van der Waals surface area contributed by atoms with Crippen LogP contribution in [0.5, 0.6) is 0 Å². The molecule has 0 aliphatic heterocycles. The molecule has 0 spiro atoms. The molecule has 1 amide bonds. The van der Waals surface area contributed by atoms with Crippen LogP contribution in [0.25, 0.3) is 0 Å². The quantitative estimate of drug-likeness (QED) is 0.822. The molecule has 1 rings (SSSR count). The van der Waals surface area contributed by atoms with Gasteiger partial charge in [0.2, 0.25) is 5.91 Å². The summed E-state index contributed by atoms with van der Waals surface area (Å²) in [5, 5.41) is 2.59. The van der Waals surface area contributed by atoms with Gasteiger partial charge in [-0.25, -0.2) is 4.39 Å². The zero-order valence-electron chi connectivity index (χ0n) is 9.59. The van der Waals surface area contributed by atoms with Crippen molar-refractivity contribution in [2.24, 2.45) is 11.7 Å². The minimum Gasteiger partial charge on any atom is -0.330 e. The molecule has 0 aromatic heterocycles. The average Bonchev–Trinajstić information content (AvgIpc) is 2.23. The summed E-state index contributed by atoms with van der Waals surface area (Å²) in [6, 6.07) is 4.70. The molecule has 0 fully saturated rings. The first kappa shape index (κ1) is 12.6. The highest BCUT2D eigenvalue weighted by Gasteiger charge is 2.14. The van der Waals surface area contributed by atoms with Crippen LogP contribution >= 0.6 is 0 Å². The van der Waals surface area contributed by atoms with E-state index in [-0.39, 0.29) is 17.5 Å². The van der Waals surface area contributed by atoms with Gasteiger partial charge in [-0.2, -0.15) is 0 Å². The topological polar surface area (TPSA) is 55.1 Å². The van der Waals surface area contributed by atoms with Crippen LogP contribution in [0.3, 0.4) is 0 Å². The Labute approximate surface area is 94.8 Å². The van der Waals surface area contributed by atoms with Crippen molar-refractivity contribution in [2.45, 2.75) is 20.3 Å². The number of carbonyl (C=O) groups is 1. The molecule has 16 heavy (non-hydrogen) atoms. The maximum absolute atomic E-state index is 13.4. The van der Waals surface area contributed by atoms with Gasteiger partial charge in [0.25, 0.3) is 0 Å². The molecule has 0 bridgehead atoms. The minimum atomic E-state index is -0.409. The van der Waals surface area contributed by atoms with Crippen LogP contribution in [-0.4, -0.2) is 12.5 Å². The van der Waals surface area contributed by atoms with Gasteiger partial charge in [0, 0.05) is 5.92 Å². The molecular formula is C12H17FN2O. The summed E-state index contributed by atoms with van der Waals surface area (Å²) >= 11 is 0. The molecule has 1 aromatic carbocycles. The van der Waals surface area contributed by atoms with Gasteiger partial charge in [0.15, 0.2) is 0 Å². The number of rotatable bonds is 4. The first-order valence-electron chi connectivity index (χ1n) is 5.32. The van der Waals surface area contributed by atoms with Crippen molar-refractivity contribution in [1.82, 2.24) is 0 Å². The third kappa shape index (κ3) is 3.03. The van der Waals surface area contributed by atoms with Gasteiger partial charge in [0.05, 0.1) is 5.69 Å². The minimum absolute atomic E-state index is 0.196. The summed E-state index contributed by atoms with van der Waals surface area (Å²) in [6.45, 7) is 3.98. The predicted molar refractivity (Wildman–Crippen MR) is 62.6 cm³/mol. The summed E-state index contributed by atoms with van der Waals surface area (Å²) in [5.41, 5.74) is 6.34. The number of halogens is 1. The van der Waals surface area contributed by atoms with Crippen LogP contribution in [0.1, 0.15) is 18.9 Å². The van der Waals surface area contributed by atoms with E-state index >= 15 is 0 Å². The molecule has 4 heteroatoms. The van der Waals surface area contributed by atoms with Crippen LogP contribution in [0.15, 0.2) is 18.2 Å². The lowest BCUT2D eigenvalue weighted by Gasteiger charge is -2.13. The highest BCUT2D eigenvalue weighted by atomic mass is 19.1. The second-order valence-corrected chi connectivity index (χ2v) is 3.90. The van der Waals surface area contributed by atoms with E-state index in [0.29, 0.717) is 18.5 Å². The molecule has 0 saturated carbocycles. The van der Waals surface area contributed by atoms with Crippen LogP contribution in [0.4, 0.5) is 10.1 Å². The Balaban J connectivity index is 2.77. The van der Waals surface area contributed by atoms with E-state index in [0.717, 1.165) is 0 Å². The Morgan fingerprint density at radius 3 is 2.81 bits per heavy atom. The maximum atomic E-state index is 13.4. The van der Waals surface area contributed by atoms with Gasteiger partial charge in [-0.15, -0.1) is 0 Å². The van der Waals surface area contributed by atoms with E-state index in [1.807, 2.05) is 0 Å². The van der Waals surface area contributed by atoms with Crippen LogP contribution in [0.2, 0.25) is 0 Å². The summed E-state index contributed by atoms with van der Waals surface area (Å²) in [6.07, 6.45) is 0.597. The first-order valence-corrected chi connectivity index (χ1v) is 5.32. The summed E-state index contributed by atoms with van der Waals surface area (Å²) < 4.78 is 13.4. The Hall–Kier alpha value is -1.42. The summed E-state index contributed by atoms with van der Waals surface area (Å²) in [5.74, 6) is -0.809. The van der Waals surface area contributed by atoms with Gasteiger partial charge in [0.1, 0.15) is 5.82 Å². The molecule has 0 aliphatic carbocycles. The second kappa shape index (κ2) is 5.61. The summed E-state index contributed by atoms with van der Waals surface area (Å²) in [4.78, 5) is 11.7. The van der Waals surface area contributed by atoms with Gasteiger partial charge < -0.3 is 11.1 Å². The van der Waals surface area contributed by atoms with E-state index in [1.165, 1.54) is 6.07 Å². The van der Waals surface area contributed by atoms with E-state index in [4.69, 9.17) is 5.73 Å². The number of nitrogens with two attached hydrogens (primary N) is 1. The predicted octanol–water partition coefficient (Wildman–Crippen LogP) is 2.06. The second-order valence-electron chi connectivity index (χ2n) is 3.90. The van der Waals surface area contributed by atoms with Crippen molar-refractivity contribution < 1.29 is 9.18 Å². The van der Waals surface area contributed by atoms with E-state index < -0.39 is 5.82 Å². The zero-order valence-corrected chi connectivity index (χ0v) is 9.59. The third-order valence-electron chi connectivity index (χ3n) is 2.52. The molecule has 3 N–H and O–H groups in total. The zero-order chi connectivity index (χ0) is 12.1. The monoisotopic (exact) mass is 224 g/mol. The Morgan fingerprint density at radius 2 is 2.25 bits per heavy atom. The first-order chi connectivity index (χ1) is 7.56. The molecule has 88 valence electrons.